The van der Waals surface area contributed by atoms with Gasteiger partial charge in [0.2, 0.25) is 0 Å². The van der Waals surface area contributed by atoms with E-state index in [0.717, 1.165) is 30.8 Å². The molecule has 5 heteroatoms. The number of aromatic nitrogens is 3. The maximum Gasteiger partial charge on any atom is 0.141 e. The third-order valence-electron chi connectivity index (χ3n) is 2.82. The first-order chi connectivity index (χ1) is 8.75. The van der Waals surface area contributed by atoms with Crippen molar-refractivity contribution in [1.29, 1.82) is 0 Å². The summed E-state index contributed by atoms with van der Waals surface area (Å²) in [7, 11) is 0. The summed E-state index contributed by atoms with van der Waals surface area (Å²) < 4.78 is 13.0. The van der Waals surface area contributed by atoms with Gasteiger partial charge in [0.05, 0.1) is 6.20 Å². The topological polar surface area (TPSA) is 53.6 Å². The minimum Gasteiger partial charge on any atom is -0.349 e. The number of pyridine rings is 1. The molecule has 0 aliphatic rings. The van der Waals surface area contributed by atoms with Gasteiger partial charge >= 0.3 is 0 Å². The average Bonchev–Trinajstić information content (AvgIpc) is 2.87. The zero-order chi connectivity index (χ0) is 12.8. The third-order valence-corrected chi connectivity index (χ3v) is 2.82. The van der Waals surface area contributed by atoms with Crippen LogP contribution in [0.1, 0.15) is 30.8 Å². The minimum atomic E-state index is -0.295. The number of rotatable bonds is 6. The highest BCUT2D eigenvalue weighted by Crippen LogP contribution is 2.11. The van der Waals surface area contributed by atoms with Crippen LogP contribution in [0, 0.1) is 5.82 Å². The molecule has 1 atom stereocenters. The maximum absolute atomic E-state index is 13.0. The zero-order valence-corrected chi connectivity index (χ0v) is 10.4. The summed E-state index contributed by atoms with van der Waals surface area (Å²) in [5.74, 6) is 0.702. The molecule has 0 amide bonds. The van der Waals surface area contributed by atoms with E-state index in [1.165, 1.54) is 12.3 Å². The van der Waals surface area contributed by atoms with Crippen molar-refractivity contribution in [2.75, 3.05) is 6.54 Å². The summed E-state index contributed by atoms with van der Waals surface area (Å²) in [5, 5.41) is 3.34. The largest absolute Gasteiger partial charge is 0.349 e. The molecule has 0 aliphatic carbocycles. The van der Waals surface area contributed by atoms with Crippen molar-refractivity contribution >= 4 is 0 Å². The van der Waals surface area contributed by atoms with Crippen molar-refractivity contribution < 1.29 is 4.39 Å². The third kappa shape index (κ3) is 3.63. The summed E-state index contributed by atoms with van der Waals surface area (Å²) in [6.45, 7) is 2.86. The molecule has 0 aromatic carbocycles. The highest BCUT2D eigenvalue weighted by Gasteiger charge is 2.05. The van der Waals surface area contributed by atoms with E-state index in [-0.39, 0.29) is 11.9 Å². The Morgan fingerprint density at radius 3 is 3.06 bits per heavy atom. The van der Waals surface area contributed by atoms with Crippen molar-refractivity contribution in [3.63, 3.8) is 0 Å². The van der Waals surface area contributed by atoms with Crippen molar-refractivity contribution in [1.82, 2.24) is 20.3 Å². The quantitative estimate of drug-likeness (QED) is 0.771. The molecule has 2 heterocycles. The molecule has 1 unspecified atom stereocenters. The van der Waals surface area contributed by atoms with Crippen molar-refractivity contribution in [2.24, 2.45) is 0 Å². The van der Waals surface area contributed by atoms with Gasteiger partial charge in [0.25, 0.3) is 0 Å². The number of nitrogens with one attached hydrogen (secondary N) is 2. The van der Waals surface area contributed by atoms with Gasteiger partial charge < -0.3 is 10.3 Å². The summed E-state index contributed by atoms with van der Waals surface area (Å²) in [5.41, 5.74) is 0.869. The Balaban J connectivity index is 1.73. The van der Waals surface area contributed by atoms with E-state index in [1.807, 2.05) is 13.1 Å². The van der Waals surface area contributed by atoms with Crippen LogP contribution in [0.2, 0.25) is 0 Å². The van der Waals surface area contributed by atoms with Crippen LogP contribution >= 0.6 is 0 Å². The molecule has 2 aromatic rings. The molecule has 0 bridgehead atoms. The number of nitrogens with zero attached hydrogens (tertiary/aromatic N) is 2. The van der Waals surface area contributed by atoms with Crippen LogP contribution in [0.25, 0.3) is 0 Å². The molecule has 0 spiro atoms. The predicted molar refractivity (Wildman–Crippen MR) is 67.5 cm³/mol. The Morgan fingerprint density at radius 2 is 2.33 bits per heavy atom. The molecule has 0 fully saturated rings. The second-order valence-electron chi connectivity index (χ2n) is 4.25. The standard InChI is InChI=1S/C13H17FN4/c1-10(11-7-12(14)9-15-8-11)16-4-2-3-13-17-5-6-18-13/h5-10,16H,2-4H2,1H3,(H,17,18). The van der Waals surface area contributed by atoms with Crippen molar-refractivity contribution in [2.45, 2.75) is 25.8 Å². The monoisotopic (exact) mass is 248 g/mol. The van der Waals surface area contributed by atoms with Gasteiger partial charge in [-0.25, -0.2) is 9.37 Å². The van der Waals surface area contributed by atoms with Crippen LogP contribution in [0.3, 0.4) is 0 Å². The Hall–Kier alpha value is -1.75. The van der Waals surface area contributed by atoms with Crippen LogP contribution in [-0.4, -0.2) is 21.5 Å². The van der Waals surface area contributed by atoms with Crippen LogP contribution < -0.4 is 5.32 Å². The summed E-state index contributed by atoms with van der Waals surface area (Å²) in [6, 6.07) is 1.61. The van der Waals surface area contributed by atoms with Gasteiger partial charge in [-0.3, -0.25) is 4.98 Å². The lowest BCUT2D eigenvalue weighted by molar-refractivity contribution is 0.546. The maximum atomic E-state index is 13.0. The van der Waals surface area contributed by atoms with Crippen molar-refractivity contribution in [3.05, 3.63) is 48.1 Å². The van der Waals surface area contributed by atoms with Crippen LogP contribution in [0.15, 0.2) is 30.9 Å². The molecule has 18 heavy (non-hydrogen) atoms. The molecule has 0 saturated heterocycles. The second kappa shape index (κ2) is 6.26. The van der Waals surface area contributed by atoms with E-state index < -0.39 is 0 Å². The van der Waals surface area contributed by atoms with E-state index in [4.69, 9.17) is 0 Å². The summed E-state index contributed by atoms with van der Waals surface area (Å²) in [6.07, 6.45) is 8.38. The molecule has 2 aromatic heterocycles. The second-order valence-corrected chi connectivity index (χ2v) is 4.25. The molecular weight excluding hydrogens is 231 g/mol. The zero-order valence-electron chi connectivity index (χ0n) is 10.4. The van der Waals surface area contributed by atoms with E-state index >= 15 is 0 Å². The molecule has 0 saturated carbocycles. The molecule has 2 N–H and O–H groups in total. The lowest BCUT2D eigenvalue weighted by Gasteiger charge is -2.13. The Labute approximate surface area is 106 Å². The van der Waals surface area contributed by atoms with Crippen LogP contribution in [0.4, 0.5) is 4.39 Å². The highest BCUT2D eigenvalue weighted by molar-refractivity contribution is 5.14. The lowest BCUT2D eigenvalue weighted by atomic mass is 10.1. The summed E-state index contributed by atoms with van der Waals surface area (Å²) in [4.78, 5) is 11.1. The van der Waals surface area contributed by atoms with Gasteiger partial charge in [0.1, 0.15) is 11.6 Å². The van der Waals surface area contributed by atoms with Gasteiger partial charge in [-0.05, 0) is 31.5 Å². The molecule has 96 valence electrons. The van der Waals surface area contributed by atoms with E-state index in [0.29, 0.717) is 0 Å². The minimum absolute atomic E-state index is 0.102. The van der Waals surface area contributed by atoms with Crippen molar-refractivity contribution in [3.8, 4) is 0 Å². The van der Waals surface area contributed by atoms with Gasteiger partial charge in [0.15, 0.2) is 0 Å². The normalized spacial score (nSPS) is 12.6. The molecule has 0 radical (unpaired) electrons. The first-order valence-corrected chi connectivity index (χ1v) is 6.08. The van der Waals surface area contributed by atoms with Gasteiger partial charge in [-0.2, -0.15) is 0 Å². The number of halogens is 1. The Morgan fingerprint density at radius 1 is 1.44 bits per heavy atom. The molecule has 2 rings (SSSR count). The Kier molecular flexibility index (Phi) is 4.41. The average molecular weight is 248 g/mol. The first kappa shape index (κ1) is 12.7. The number of hydrogen-bond donors (Lipinski definition) is 2. The summed E-state index contributed by atoms with van der Waals surface area (Å²) >= 11 is 0. The fraction of sp³-hybridized carbons (Fsp3) is 0.385. The SMILES string of the molecule is CC(NCCCc1ncc[nH]1)c1cncc(F)c1. The van der Waals surface area contributed by atoms with Crippen LogP contribution in [0.5, 0.6) is 0 Å². The highest BCUT2D eigenvalue weighted by atomic mass is 19.1. The van der Waals surface area contributed by atoms with Gasteiger partial charge in [-0.15, -0.1) is 0 Å². The van der Waals surface area contributed by atoms with Gasteiger partial charge in [0, 0.05) is 31.1 Å². The smallest absolute Gasteiger partial charge is 0.141 e. The molecular formula is C13H17FN4. The van der Waals surface area contributed by atoms with E-state index in [9.17, 15) is 4.39 Å². The number of aromatic amines is 1. The number of hydrogen-bond acceptors (Lipinski definition) is 3. The number of imidazole rings is 1. The predicted octanol–water partition coefficient (Wildman–Crippen LogP) is 2.23. The van der Waals surface area contributed by atoms with Gasteiger partial charge in [-0.1, -0.05) is 0 Å². The van der Waals surface area contributed by atoms with E-state index in [1.54, 1.807) is 12.4 Å². The number of H-pyrrole nitrogens is 1. The number of aryl methyl sites for hydroxylation is 1. The first-order valence-electron chi connectivity index (χ1n) is 6.08. The molecule has 0 aliphatic heterocycles. The van der Waals surface area contributed by atoms with E-state index in [2.05, 4.69) is 20.3 Å². The molecule has 4 nitrogen and oxygen atoms in total. The fourth-order valence-corrected chi connectivity index (χ4v) is 1.79. The lowest BCUT2D eigenvalue weighted by Crippen LogP contribution is -2.20. The van der Waals surface area contributed by atoms with Crippen LogP contribution in [-0.2, 0) is 6.42 Å². The Bertz CT molecular complexity index is 470. The fourth-order valence-electron chi connectivity index (χ4n) is 1.79.